The molecule has 0 radical (unpaired) electrons. The van der Waals surface area contributed by atoms with Crippen LogP contribution in [0.25, 0.3) is 0 Å². The van der Waals surface area contributed by atoms with Crippen LogP contribution in [0.3, 0.4) is 0 Å². The molecule has 2 atom stereocenters. The molecule has 1 aromatic heterocycles. The second-order valence-corrected chi connectivity index (χ2v) is 4.98. The fraction of sp³-hybridized carbons (Fsp3) is 0.700. The number of hydrogen-bond acceptors (Lipinski definition) is 3. The SMILES string of the molecule is Cc1nc(CC2CCCC2N)cs1. The standard InChI is InChI=1S/C10H16N2S/c1-7-12-9(6-13-7)5-8-3-2-4-10(8)11/h6,8,10H,2-5,11H2,1H3. The first-order valence-electron chi connectivity index (χ1n) is 4.92. The number of thiazole rings is 1. The van der Waals surface area contributed by atoms with E-state index in [1.807, 2.05) is 0 Å². The first-order valence-corrected chi connectivity index (χ1v) is 5.80. The summed E-state index contributed by atoms with van der Waals surface area (Å²) in [4.78, 5) is 4.47. The smallest absolute Gasteiger partial charge is 0.0897 e. The largest absolute Gasteiger partial charge is 0.327 e. The van der Waals surface area contributed by atoms with Crippen molar-refractivity contribution in [2.24, 2.45) is 11.7 Å². The second kappa shape index (κ2) is 3.76. The van der Waals surface area contributed by atoms with Crippen molar-refractivity contribution in [1.82, 2.24) is 4.98 Å². The minimum absolute atomic E-state index is 0.419. The van der Waals surface area contributed by atoms with Gasteiger partial charge in [0, 0.05) is 11.4 Å². The van der Waals surface area contributed by atoms with Crippen molar-refractivity contribution in [1.29, 1.82) is 0 Å². The average molecular weight is 196 g/mol. The lowest BCUT2D eigenvalue weighted by atomic mass is 9.99. The van der Waals surface area contributed by atoms with Crippen LogP contribution in [0.2, 0.25) is 0 Å². The van der Waals surface area contributed by atoms with Crippen molar-refractivity contribution in [2.75, 3.05) is 0 Å². The Bertz CT molecular complexity index is 282. The number of aromatic nitrogens is 1. The first kappa shape index (κ1) is 9.16. The van der Waals surface area contributed by atoms with Gasteiger partial charge in [0.1, 0.15) is 0 Å². The number of nitrogens with two attached hydrogens (primary N) is 1. The zero-order valence-corrected chi connectivity index (χ0v) is 8.81. The van der Waals surface area contributed by atoms with Crippen LogP contribution in [-0.4, -0.2) is 11.0 Å². The Balaban J connectivity index is 1.97. The van der Waals surface area contributed by atoms with E-state index >= 15 is 0 Å². The molecular weight excluding hydrogens is 180 g/mol. The molecule has 2 unspecified atom stereocenters. The van der Waals surface area contributed by atoms with Crippen LogP contribution in [0.4, 0.5) is 0 Å². The van der Waals surface area contributed by atoms with E-state index in [0.717, 1.165) is 6.42 Å². The van der Waals surface area contributed by atoms with E-state index in [9.17, 15) is 0 Å². The molecule has 1 aliphatic carbocycles. The molecule has 3 heteroatoms. The summed E-state index contributed by atoms with van der Waals surface area (Å²) in [6, 6.07) is 0.419. The van der Waals surface area contributed by atoms with Crippen LogP contribution in [0.5, 0.6) is 0 Å². The summed E-state index contributed by atoms with van der Waals surface area (Å²) >= 11 is 1.74. The van der Waals surface area contributed by atoms with Crippen molar-refractivity contribution in [3.05, 3.63) is 16.1 Å². The predicted octanol–water partition coefficient (Wildman–Crippen LogP) is 2.12. The van der Waals surface area contributed by atoms with E-state index in [0.29, 0.717) is 12.0 Å². The Morgan fingerprint density at radius 1 is 1.62 bits per heavy atom. The summed E-state index contributed by atoms with van der Waals surface area (Å²) in [5.41, 5.74) is 7.25. The molecule has 1 saturated carbocycles. The molecule has 1 heterocycles. The minimum atomic E-state index is 0.419. The molecule has 13 heavy (non-hydrogen) atoms. The molecule has 0 spiro atoms. The lowest BCUT2D eigenvalue weighted by Gasteiger charge is -2.12. The maximum absolute atomic E-state index is 6.01. The number of hydrogen-bond donors (Lipinski definition) is 1. The highest BCUT2D eigenvalue weighted by Gasteiger charge is 2.24. The predicted molar refractivity (Wildman–Crippen MR) is 55.9 cm³/mol. The molecule has 0 amide bonds. The molecule has 0 aliphatic heterocycles. The van der Waals surface area contributed by atoms with Crippen LogP contribution in [0, 0.1) is 12.8 Å². The van der Waals surface area contributed by atoms with Crippen molar-refractivity contribution in [3.63, 3.8) is 0 Å². The first-order chi connectivity index (χ1) is 6.25. The topological polar surface area (TPSA) is 38.9 Å². The third kappa shape index (κ3) is 2.09. The average Bonchev–Trinajstić information content (AvgIpc) is 2.64. The molecule has 72 valence electrons. The zero-order chi connectivity index (χ0) is 9.26. The van der Waals surface area contributed by atoms with Gasteiger partial charge in [-0.15, -0.1) is 11.3 Å². The highest BCUT2D eigenvalue weighted by atomic mass is 32.1. The maximum Gasteiger partial charge on any atom is 0.0897 e. The summed E-state index contributed by atoms with van der Waals surface area (Å²) in [6.07, 6.45) is 4.88. The van der Waals surface area contributed by atoms with E-state index in [4.69, 9.17) is 5.73 Å². The summed E-state index contributed by atoms with van der Waals surface area (Å²) in [7, 11) is 0. The van der Waals surface area contributed by atoms with Gasteiger partial charge < -0.3 is 5.73 Å². The molecule has 2 N–H and O–H groups in total. The molecule has 2 rings (SSSR count). The van der Waals surface area contributed by atoms with Crippen molar-refractivity contribution >= 4 is 11.3 Å². The van der Waals surface area contributed by atoms with Crippen LogP contribution >= 0.6 is 11.3 Å². The van der Waals surface area contributed by atoms with Gasteiger partial charge in [0.25, 0.3) is 0 Å². The molecule has 1 aromatic rings. The summed E-state index contributed by atoms with van der Waals surface area (Å²) in [5.74, 6) is 0.682. The molecule has 0 saturated heterocycles. The zero-order valence-electron chi connectivity index (χ0n) is 7.99. The third-order valence-electron chi connectivity index (χ3n) is 2.86. The fourth-order valence-electron chi connectivity index (χ4n) is 2.09. The van der Waals surface area contributed by atoms with Gasteiger partial charge in [-0.2, -0.15) is 0 Å². The van der Waals surface area contributed by atoms with E-state index in [1.54, 1.807) is 11.3 Å². The monoisotopic (exact) mass is 196 g/mol. The van der Waals surface area contributed by atoms with Gasteiger partial charge in [-0.05, 0) is 32.1 Å². The van der Waals surface area contributed by atoms with Gasteiger partial charge in [0.05, 0.1) is 10.7 Å². The third-order valence-corrected chi connectivity index (χ3v) is 3.68. The van der Waals surface area contributed by atoms with Gasteiger partial charge in [-0.3, -0.25) is 0 Å². The van der Waals surface area contributed by atoms with E-state index < -0.39 is 0 Å². The Kier molecular flexibility index (Phi) is 2.65. The minimum Gasteiger partial charge on any atom is -0.327 e. The molecule has 2 nitrogen and oxygen atoms in total. The van der Waals surface area contributed by atoms with Crippen LogP contribution in [0.1, 0.15) is 30.0 Å². The van der Waals surface area contributed by atoms with Gasteiger partial charge in [-0.25, -0.2) is 4.98 Å². The lowest BCUT2D eigenvalue weighted by Crippen LogP contribution is -2.25. The Morgan fingerprint density at radius 3 is 3.00 bits per heavy atom. The highest BCUT2D eigenvalue weighted by molar-refractivity contribution is 7.09. The molecular formula is C10H16N2S. The summed E-state index contributed by atoms with van der Waals surface area (Å²) in [6.45, 7) is 2.06. The number of nitrogens with zero attached hydrogens (tertiary/aromatic N) is 1. The quantitative estimate of drug-likeness (QED) is 0.787. The van der Waals surface area contributed by atoms with Crippen LogP contribution < -0.4 is 5.73 Å². The Labute approximate surface area is 83.2 Å². The highest BCUT2D eigenvalue weighted by Crippen LogP contribution is 2.27. The lowest BCUT2D eigenvalue weighted by molar-refractivity contribution is 0.474. The molecule has 1 fully saturated rings. The Morgan fingerprint density at radius 2 is 2.46 bits per heavy atom. The number of rotatable bonds is 2. The van der Waals surface area contributed by atoms with Crippen molar-refractivity contribution < 1.29 is 0 Å². The summed E-state index contributed by atoms with van der Waals surface area (Å²) in [5, 5.41) is 3.34. The van der Waals surface area contributed by atoms with Crippen molar-refractivity contribution in [2.45, 2.75) is 38.6 Å². The Hall–Kier alpha value is -0.410. The normalized spacial score (nSPS) is 28.2. The second-order valence-electron chi connectivity index (χ2n) is 3.92. The van der Waals surface area contributed by atoms with Crippen LogP contribution in [0.15, 0.2) is 5.38 Å². The van der Waals surface area contributed by atoms with E-state index in [2.05, 4.69) is 17.3 Å². The van der Waals surface area contributed by atoms with Gasteiger partial charge >= 0.3 is 0 Å². The molecule has 1 aliphatic rings. The fourth-order valence-corrected chi connectivity index (χ4v) is 2.72. The van der Waals surface area contributed by atoms with E-state index in [-0.39, 0.29) is 0 Å². The molecule has 0 bridgehead atoms. The van der Waals surface area contributed by atoms with Crippen LogP contribution in [-0.2, 0) is 6.42 Å². The van der Waals surface area contributed by atoms with Crippen molar-refractivity contribution in [3.8, 4) is 0 Å². The maximum atomic E-state index is 6.01. The van der Waals surface area contributed by atoms with Gasteiger partial charge in [0.2, 0.25) is 0 Å². The summed E-state index contributed by atoms with van der Waals surface area (Å²) < 4.78 is 0. The molecule has 0 aromatic carbocycles. The van der Waals surface area contributed by atoms with Gasteiger partial charge in [-0.1, -0.05) is 6.42 Å². The van der Waals surface area contributed by atoms with E-state index in [1.165, 1.54) is 30.0 Å². The number of aryl methyl sites for hydroxylation is 1. The van der Waals surface area contributed by atoms with Gasteiger partial charge in [0.15, 0.2) is 0 Å².